The van der Waals surface area contributed by atoms with Gasteiger partial charge in [0.15, 0.2) is 5.13 Å². The second-order valence-electron chi connectivity index (χ2n) is 6.06. The van der Waals surface area contributed by atoms with Crippen LogP contribution < -0.4 is 10.1 Å². The van der Waals surface area contributed by atoms with Crippen LogP contribution in [-0.2, 0) is 11.3 Å². The Bertz CT molecular complexity index is 842. The maximum absolute atomic E-state index is 5.40. The largest absolute Gasteiger partial charge is 0.497 e. The molecule has 1 fully saturated rings. The van der Waals surface area contributed by atoms with Crippen molar-refractivity contribution in [2.75, 3.05) is 38.7 Å². The van der Waals surface area contributed by atoms with Gasteiger partial charge in [-0.3, -0.25) is 4.90 Å². The Kier molecular flexibility index (Phi) is 4.83. The van der Waals surface area contributed by atoms with E-state index >= 15 is 0 Å². The molecule has 6 heteroatoms. The van der Waals surface area contributed by atoms with Gasteiger partial charge in [-0.15, -0.1) is 0 Å². The Morgan fingerprint density at radius 1 is 1.16 bits per heavy atom. The summed E-state index contributed by atoms with van der Waals surface area (Å²) in [4.78, 5) is 7.05. The van der Waals surface area contributed by atoms with Crippen LogP contribution in [0, 0.1) is 0 Å². The first-order valence-corrected chi connectivity index (χ1v) is 9.22. The van der Waals surface area contributed by atoms with Gasteiger partial charge in [0.1, 0.15) is 5.75 Å². The lowest BCUT2D eigenvalue weighted by Crippen LogP contribution is -2.35. The summed E-state index contributed by atoms with van der Waals surface area (Å²) in [7, 11) is 1.68. The lowest BCUT2D eigenvalue weighted by Gasteiger charge is -2.26. The summed E-state index contributed by atoms with van der Waals surface area (Å²) in [5, 5.41) is 4.29. The number of rotatable bonds is 5. The third kappa shape index (κ3) is 3.92. The summed E-state index contributed by atoms with van der Waals surface area (Å²) in [5.74, 6) is 0.857. The molecular weight excluding hydrogens is 334 g/mol. The number of methoxy groups -OCH3 is 1. The van der Waals surface area contributed by atoms with Crippen molar-refractivity contribution in [2.45, 2.75) is 6.54 Å². The number of morpholine rings is 1. The second-order valence-corrected chi connectivity index (χ2v) is 7.09. The van der Waals surface area contributed by atoms with Crippen molar-refractivity contribution in [1.29, 1.82) is 0 Å². The van der Waals surface area contributed by atoms with E-state index in [-0.39, 0.29) is 0 Å². The molecule has 4 rings (SSSR count). The molecule has 0 amide bonds. The molecule has 0 atom stereocenters. The van der Waals surface area contributed by atoms with Gasteiger partial charge in [0, 0.05) is 25.3 Å². The van der Waals surface area contributed by atoms with Gasteiger partial charge in [-0.2, -0.15) is 0 Å². The molecule has 0 radical (unpaired) electrons. The second kappa shape index (κ2) is 7.39. The van der Waals surface area contributed by atoms with Crippen LogP contribution in [0.4, 0.5) is 10.8 Å². The van der Waals surface area contributed by atoms with E-state index in [1.165, 1.54) is 5.56 Å². The van der Waals surface area contributed by atoms with Gasteiger partial charge in [0.2, 0.25) is 0 Å². The van der Waals surface area contributed by atoms with Crippen LogP contribution in [0.5, 0.6) is 5.75 Å². The number of fused-ring (bicyclic) bond motifs is 1. The maximum atomic E-state index is 5.40. The summed E-state index contributed by atoms with van der Waals surface area (Å²) in [6.45, 7) is 4.67. The molecule has 5 nitrogen and oxygen atoms in total. The summed E-state index contributed by atoms with van der Waals surface area (Å²) in [6, 6.07) is 14.5. The molecule has 2 heterocycles. The van der Waals surface area contributed by atoms with Crippen LogP contribution in [0.2, 0.25) is 0 Å². The fraction of sp³-hybridized carbons (Fsp3) is 0.316. The fourth-order valence-corrected chi connectivity index (χ4v) is 3.83. The average Bonchev–Trinajstić information content (AvgIpc) is 3.05. The number of benzene rings is 2. The predicted molar refractivity (Wildman–Crippen MR) is 102 cm³/mol. The van der Waals surface area contributed by atoms with Crippen LogP contribution in [0.1, 0.15) is 5.56 Å². The first-order valence-electron chi connectivity index (χ1n) is 8.41. The topological polar surface area (TPSA) is 46.6 Å². The normalized spacial score (nSPS) is 15.4. The Morgan fingerprint density at radius 2 is 1.96 bits per heavy atom. The van der Waals surface area contributed by atoms with Crippen molar-refractivity contribution in [1.82, 2.24) is 9.88 Å². The van der Waals surface area contributed by atoms with Gasteiger partial charge >= 0.3 is 0 Å². The summed E-state index contributed by atoms with van der Waals surface area (Å²) in [5.41, 5.74) is 3.36. The van der Waals surface area contributed by atoms with Gasteiger partial charge in [0.25, 0.3) is 0 Å². The average molecular weight is 355 g/mol. The fourth-order valence-electron chi connectivity index (χ4n) is 2.92. The Balaban J connectivity index is 1.43. The monoisotopic (exact) mass is 355 g/mol. The molecule has 0 saturated carbocycles. The number of ether oxygens (including phenoxy) is 2. The summed E-state index contributed by atoms with van der Waals surface area (Å²) in [6.07, 6.45) is 0. The molecule has 1 aliphatic rings. The minimum absolute atomic E-state index is 0.835. The molecule has 0 spiro atoms. The molecule has 0 unspecified atom stereocenters. The smallest absolute Gasteiger partial charge is 0.188 e. The van der Waals surface area contributed by atoms with Crippen LogP contribution in [-0.4, -0.2) is 43.3 Å². The van der Waals surface area contributed by atoms with Gasteiger partial charge in [-0.05, 0) is 35.9 Å². The van der Waals surface area contributed by atoms with Crippen LogP contribution in [0.3, 0.4) is 0 Å². The van der Waals surface area contributed by atoms with Crippen LogP contribution >= 0.6 is 11.3 Å². The number of anilines is 2. The molecule has 1 aromatic heterocycles. The highest BCUT2D eigenvalue weighted by molar-refractivity contribution is 7.22. The number of nitrogens with zero attached hydrogens (tertiary/aromatic N) is 2. The van der Waals surface area contributed by atoms with Crippen molar-refractivity contribution >= 4 is 32.4 Å². The van der Waals surface area contributed by atoms with E-state index < -0.39 is 0 Å². The zero-order valence-electron chi connectivity index (χ0n) is 14.2. The molecular formula is C19H21N3O2S. The highest BCUT2D eigenvalue weighted by Crippen LogP contribution is 2.31. The number of nitrogens with one attached hydrogen (secondary N) is 1. The predicted octanol–water partition coefficient (Wildman–Crippen LogP) is 3.88. The number of aromatic nitrogens is 1. The van der Waals surface area contributed by atoms with Crippen molar-refractivity contribution < 1.29 is 9.47 Å². The Labute approximate surface area is 151 Å². The standard InChI is InChI=1S/C19H21N3O2S/c1-23-16-6-7-17-18(12-16)25-19(21-17)20-15-4-2-14(3-5-15)13-22-8-10-24-11-9-22/h2-7,12H,8-11,13H2,1H3,(H,20,21). The van der Waals surface area contributed by atoms with Gasteiger partial charge < -0.3 is 14.8 Å². The lowest BCUT2D eigenvalue weighted by molar-refractivity contribution is 0.0342. The zero-order chi connectivity index (χ0) is 17.1. The van der Waals surface area contributed by atoms with E-state index in [9.17, 15) is 0 Å². The maximum Gasteiger partial charge on any atom is 0.188 e. The van der Waals surface area contributed by atoms with E-state index in [0.29, 0.717) is 0 Å². The van der Waals surface area contributed by atoms with E-state index in [4.69, 9.17) is 9.47 Å². The first kappa shape index (κ1) is 16.3. The number of hydrogen-bond acceptors (Lipinski definition) is 6. The molecule has 0 aliphatic carbocycles. The molecule has 1 aliphatic heterocycles. The molecule has 0 bridgehead atoms. The summed E-state index contributed by atoms with van der Waals surface area (Å²) < 4.78 is 11.8. The SMILES string of the molecule is COc1ccc2nc(Nc3ccc(CN4CCOCC4)cc3)sc2c1. The zero-order valence-corrected chi connectivity index (χ0v) is 15.0. The van der Waals surface area contributed by atoms with E-state index in [1.807, 2.05) is 18.2 Å². The van der Waals surface area contributed by atoms with E-state index in [2.05, 4.69) is 39.5 Å². The Hall–Kier alpha value is -2.15. The Morgan fingerprint density at radius 3 is 2.72 bits per heavy atom. The minimum Gasteiger partial charge on any atom is -0.497 e. The highest BCUT2D eigenvalue weighted by Gasteiger charge is 2.11. The number of hydrogen-bond donors (Lipinski definition) is 1. The molecule has 1 saturated heterocycles. The van der Waals surface area contributed by atoms with Crippen molar-refractivity contribution in [2.24, 2.45) is 0 Å². The minimum atomic E-state index is 0.835. The third-order valence-corrected chi connectivity index (χ3v) is 5.24. The third-order valence-electron chi connectivity index (χ3n) is 4.31. The quantitative estimate of drug-likeness (QED) is 0.752. The van der Waals surface area contributed by atoms with Crippen LogP contribution in [0.25, 0.3) is 10.2 Å². The van der Waals surface area contributed by atoms with Gasteiger partial charge in [-0.1, -0.05) is 23.5 Å². The van der Waals surface area contributed by atoms with Crippen molar-refractivity contribution in [3.63, 3.8) is 0 Å². The van der Waals surface area contributed by atoms with Crippen molar-refractivity contribution in [3.05, 3.63) is 48.0 Å². The molecule has 25 heavy (non-hydrogen) atoms. The first-order chi connectivity index (χ1) is 12.3. The van der Waals surface area contributed by atoms with E-state index in [0.717, 1.165) is 59.6 Å². The van der Waals surface area contributed by atoms with E-state index in [1.54, 1.807) is 18.4 Å². The van der Waals surface area contributed by atoms with Gasteiger partial charge in [-0.25, -0.2) is 4.98 Å². The van der Waals surface area contributed by atoms with Crippen molar-refractivity contribution in [3.8, 4) is 5.75 Å². The summed E-state index contributed by atoms with van der Waals surface area (Å²) >= 11 is 1.63. The molecule has 130 valence electrons. The van der Waals surface area contributed by atoms with Crippen LogP contribution in [0.15, 0.2) is 42.5 Å². The van der Waals surface area contributed by atoms with Gasteiger partial charge in [0.05, 0.1) is 30.5 Å². The molecule has 1 N–H and O–H groups in total. The molecule has 2 aromatic carbocycles. The molecule has 3 aromatic rings. The highest BCUT2D eigenvalue weighted by atomic mass is 32.1. The lowest BCUT2D eigenvalue weighted by atomic mass is 10.2. The number of thiazole rings is 1.